The van der Waals surface area contributed by atoms with Crippen LogP contribution in [0.1, 0.15) is 10.4 Å². The van der Waals surface area contributed by atoms with E-state index < -0.39 is 5.82 Å². The average molecular weight is 302 g/mol. The second-order valence-electron chi connectivity index (χ2n) is 4.45. The van der Waals surface area contributed by atoms with Crippen LogP contribution >= 0.6 is 0 Å². The number of carbonyl (C=O) groups is 2. The Hall–Kier alpha value is -2.89. The van der Waals surface area contributed by atoms with Crippen molar-refractivity contribution in [1.29, 1.82) is 0 Å². The molecule has 114 valence electrons. The minimum Gasteiger partial charge on any atom is -0.484 e. The molecule has 2 N–H and O–H groups in total. The van der Waals surface area contributed by atoms with Crippen molar-refractivity contribution in [2.75, 3.05) is 19.0 Å². The van der Waals surface area contributed by atoms with Gasteiger partial charge in [0.05, 0.1) is 0 Å². The first kappa shape index (κ1) is 15.5. The summed E-state index contributed by atoms with van der Waals surface area (Å²) in [6.07, 6.45) is 0. The van der Waals surface area contributed by atoms with Gasteiger partial charge in [-0.3, -0.25) is 9.59 Å². The molecule has 2 aromatic rings. The molecule has 0 saturated carbocycles. The number of anilines is 1. The van der Waals surface area contributed by atoms with Crippen LogP contribution in [0.3, 0.4) is 0 Å². The highest BCUT2D eigenvalue weighted by molar-refractivity contribution is 6.04. The number of benzene rings is 2. The Kier molecular flexibility index (Phi) is 5.08. The molecule has 0 radical (unpaired) electrons. The first-order valence-corrected chi connectivity index (χ1v) is 6.59. The summed E-state index contributed by atoms with van der Waals surface area (Å²) in [5.41, 5.74) is 0.863. The van der Waals surface area contributed by atoms with Crippen LogP contribution in [0, 0.1) is 5.82 Å². The molecule has 0 bridgehead atoms. The first-order chi connectivity index (χ1) is 10.6. The Balaban J connectivity index is 2.02. The number of nitrogens with one attached hydrogen (secondary N) is 2. The van der Waals surface area contributed by atoms with Crippen LogP contribution in [0.4, 0.5) is 10.1 Å². The van der Waals surface area contributed by atoms with Crippen molar-refractivity contribution in [3.05, 3.63) is 59.9 Å². The molecule has 22 heavy (non-hydrogen) atoms. The van der Waals surface area contributed by atoms with Crippen LogP contribution in [0.2, 0.25) is 0 Å². The second-order valence-corrected chi connectivity index (χ2v) is 4.45. The summed E-state index contributed by atoms with van der Waals surface area (Å²) >= 11 is 0. The van der Waals surface area contributed by atoms with Crippen LogP contribution in [-0.2, 0) is 4.79 Å². The molecule has 0 aromatic heterocycles. The summed E-state index contributed by atoms with van der Waals surface area (Å²) in [6.45, 7) is -0.105. The molecule has 0 heterocycles. The fraction of sp³-hybridized carbons (Fsp3) is 0.125. The molecule has 2 rings (SSSR count). The fourth-order valence-corrected chi connectivity index (χ4v) is 1.69. The van der Waals surface area contributed by atoms with E-state index >= 15 is 0 Å². The summed E-state index contributed by atoms with van der Waals surface area (Å²) in [5, 5.41) is 5.12. The van der Waals surface area contributed by atoms with E-state index in [1.165, 1.54) is 31.3 Å². The van der Waals surface area contributed by atoms with E-state index in [1.54, 1.807) is 24.3 Å². The van der Waals surface area contributed by atoms with Crippen molar-refractivity contribution in [1.82, 2.24) is 5.32 Å². The predicted molar refractivity (Wildman–Crippen MR) is 80.4 cm³/mol. The Labute approximate surface area is 127 Å². The van der Waals surface area contributed by atoms with Crippen molar-refractivity contribution in [2.45, 2.75) is 0 Å². The van der Waals surface area contributed by atoms with Gasteiger partial charge in [-0.05, 0) is 36.4 Å². The van der Waals surface area contributed by atoms with Crippen LogP contribution in [0.15, 0.2) is 48.5 Å². The summed E-state index contributed by atoms with van der Waals surface area (Å²) in [7, 11) is 1.52. The van der Waals surface area contributed by atoms with Gasteiger partial charge in [0.2, 0.25) is 0 Å². The molecule has 0 aliphatic rings. The summed E-state index contributed by atoms with van der Waals surface area (Å²) < 4.78 is 18.1. The molecule has 0 fully saturated rings. The third-order valence-electron chi connectivity index (χ3n) is 2.85. The third kappa shape index (κ3) is 4.31. The minimum atomic E-state index is -0.402. The fourth-order valence-electron chi connectivity index (χ4n) is 1.69. The van der Waals surface area contributed by atoms with Crippen molar-refractivity contribution in [3.8, 4) is 5.75 Å². The lowest BCUT2D eigenvalue weighted by atomic mass is 10.2. The predicted octanol–water partition coefficient (Wildman–Crippen LogP) is 2.20. The number of carbonyl (C=O) groups excluding carboxylic acids is 2. The zero-order valence-corrected chi connectivity index (χ0v) is 11.9. The Morgan fingerprint density at radius 3 is 2.55 bits per heavy atom. The van der Waals surface area contributed by atoms with Crippen LogP contribution < -0.4 is 15.4 Å². The van der Waals surface area contributed by atoms with Gasteiger partial charge in [0, 0.05) is 24.4 Å². The summed E-state index contributed by atoms with van der Waals surface area (Å²) in [6, 6.07) is 11.9. The van der Waals surface area contributed by atoms with Gasteiger partial charge in [-0.2, -0.15) is 0 Å². The van der Waals surface area contributed by atoms with Crippen molar-refractivity contribution in [3.63, 3.8) is 0 Å². The molecule has 6 heteroatoms. The normalized spacial score (nSPS) is 9.91. The lowest BCUT2D eigenvalue weighted by Crippen LogP contribution is -2.24. The molecule has 0 atom stereocenters. The van der Waals surface area contributed by atoms with Gasteiger partial charge < -0.3 is 15.4 Å². The number of amides is 2. The zero-order chi connectivity index (χ0) is 15.9. The van der Waals surface area contributed by atoms with E-state index in [-0.39, 0.29) is 18.4 Å². The summed E-state index contributed by atoms with van der Waals surface area (Å²) in [5.74, 6) is -0.550. The van der Waals surface area contributed by atoms with Crippen LogP contribution in [0.25, 0.3) is 0 Å². The molecule has 0 saturated heterocycles. The van der Waals surface area contributed by atoms with Crippen molar-refractivity contribution < 1.29 is 18.7 Å². The first-order valence-electron chi connectivity index (χ1n) is 6.59. The van der Waals surface area contributed by atoms with Gasteiger partial charge in [0.1, 0.15) is 11.6 Å². The maximum Gasteiger partial charge on any atom is 0.257 e. The topological polar surface area (TPSA) is 67.4 Å². The Morgan fingerprint density at radius 2 is 1.86 bits per heavy atom. The Morgan fingerprint density at radius 1 is 1.14 bits per heavy atom. The van der Waals surface area contributed by atoms with E-state index in [9.17, 15) is 14.0 Å². The summed E-state index contributed by atoms with van der Waals surface area (Å²) in [4.78, 5) is 23.1. The van der Waals surface area contributed by atoms with Gasteiger partial charge >= 0.3 is 0 Å². The largest absolute Gasteiger partial charge is 0.484 e. The van der Waals surface area contributed by atoms with E-state index in [0.717, 1.165) is 0 Å². The zero-order valence-electron chi connectivity index (χ0n) is 11.9. The number of halogens is 1. The minimum absolute atomic E-state index is 0.105. The van der Waals surface area contributed by atoms with Gasteiger partial charge in [-0.15, -0.1) is 0 Å². The van der Waals surface area contributed by atoms with Gasteiger partial charge in [-0.25, -0.2) is 4.39 Å². The molecule has 2 aromatic carbocycles. The van der Waals surface area contributed by atoms with Gasteiger partial charge in [-0.1, -0.05) is 6.07 Å². The second kappa shape index (κ2) is 7.21. The number of hydrogen-bond donors (Lipinski definition) is 2. The van der Waals surface area contributed by atoms with E-state index in [2.05, 4.69) is 10.6 Å². The van der Waals surface area contributed by atoms with Crippen LogP contribution in [-0.4, -0.2) is 25.5 Å². The highest BCUT2D eigenvalue weighted by atomic mass is 19.1. The van der Waals surface area contributed by atoms with Crippen LogP contribution in [0.5, 0.6) is 5.75 Å². The lowest BCUT2D eigenvalue weighted by molar-refractivity contribution is -0.122. The monoisotopic (exact) mass is 302 g/mol. The molecule has 0 aliphatic heterocycles. The standard InChI is InChI=1S/C16H15FN2O3/c1-18-15(20)10-22-14-4-2-3-13(9-14)19-16(21)11-5-7-12(17)8-6-11/h2-9H,10H2,1H3,(H,18,20)(H,19,21). The molecule has 0 aliphatic carbocycles. The van der Waals surface area contributed by atoms with E-state index in [1.807, 2.05) is 0 Å². The number of ether oxygens (including phenoxy) is 1. The van der Waals surface area contributed by atoms with Gasteiger partial charge in [0.15, 0.2) is 6.61 Å². The quantitative estimate of drug-likeness (QED) is 0.890. The highest BCUT2D eigenvalue weighted by Crippen LogP contribution is 2.18. The highest BCUT2D eigenvalue weighted by Gasteiger charge is 2.07. The molecule has 0 unspecified atom stereocenters. The SMILES string of the molecule is CNC(=O)COc1cccc(NC(=O)c2ccc(F)cc2)c1. The molecule has 5 nitrogen and oxygen atoms in total. The molecule has 0 spiro atoms. The maximum atomic E-state index is 12.8. The molecular formula is C16H15FN2O3. The number of rotatable bonds is 5. The van der Waals surface area contributed by atoms with E-state index in [4.69, 9.17) is 4.74 Å². The molecular weight excluding hydrogens is 287 g/mol. The average Bonchev–Trinajstić information content (AvgIpc) is 2.53. The third-order valence-corrected chi connectivity index (χ3v) is 2.85. The number of likely N-dealkylation sites (N-methyl/N-ethyl adjacent to an activating group) is 1. The smallest absolute Gasteiger partial charge is 0.257 e. The number of hydrogen-bond acceptors (Lipinski definition) is 3. The maximum absolute atomic E-state index is 12.8. The van der Waals surface area contributed by atoms with Crippen molar-refractivity contribution in [2.24, 2.45) is 0 Å². The Bertz CT molecular complexity index is 671. The van der Waals surface area contributed by atoms with Crippen molar-refractivity contribution >= 4 is 17.5 Å². The van der Waals surface area contributed by atoms with E-state index in [0.29, 0.717) is 17.0 Å². The van der Waals surface area contributed by atoms with Gasteiger partial charge in [0.25, 0.3) is 11.8 Å². The lowest BCUT2D eigenvalue weighted by Gasteiger charge is -2.09. The molecule has 2 amide bonds.